The molecule has 0 spiro atoms. The van der Waals surface area contributed by atoms with Crippen LogP contribution in [0.3, 0.4) is 0 Å². The standard InChI is InChI=1S/C14H18N2O2/c1-16(10-5-4-6-10)14(17)13-9-15-11-7-2-3-8-12(11)18-13/h2-3,7-8,10,13,15H,4-6,9H2,1H3. The Labute approximate surface area is 107 Å². The number of nitrogens with zero attached hydrogens (tertiary/aromatic N) is 1. The van der Waals surface area contributed by atoms with Crippen molar-refractivity contribution in [1.29, 1.82) is 0 Å². The van der Waals surface area contributed by atoms with Crippen molar-refractivity contribution in [2.45, 2.75) is 31.4 Å². The summed E-state index contributed by atoms with van der Waals surface area (Å²) in [5.41, 5.74) is 0.966. The van der Waals surface area contributed by atoms with Crippen LogP contribution in [0.1, 0.15) is 19.3 Å². The molecule has 1 N–H and O–H groups in total. The molecule has 18 heavy (non-hydrogen) atoms. The Morgan fingerprint density at radius 3 is 2.89 bits per heavy atom. The van der Waals surface area contributed by atoms with E-state index in [0.29, 0.717) is 12.6 Å². The van der Waals surface area contributed by atoms with E-state index >= 15 is 0 Å². The number of para-hydroxylation sites is 2. The van der Waals surface area contributed by atoms with Gasteiger partial charge in [-0.1, -0.05) is 12.1 Å². The van der Waals surface area contributed by atoms with Crippen molar-refractivity contribution >= 4 is 11.6 Å². The van der Waals surface area contributed by atoms with Crippen molar-refractivity contribution in [2.24, 2.45) is 0 Å². The number of amides is 1. The fraction of sp³-hybridized carbons (Fsp3) is 0.500. The van der Waals surface area contributed by atoms with Gasteiger partial charge in [-0.3, -0.25) is 4.79 Å². The second-order valence-corrected chi connectivity index (χ2v) is 5.02. The molecule has 0 saturated heterocycles. The number of ether oxygens (including phenoxy) is 1. The third-order valence-corrected chi connectivity index (χ3v) is 3.88. The number of hydrogen-bond acceptors (Lipinski definition) is 3. The largest absolute Gasteiger partial charge is 0.477 e. The highest BCUT2D eigenvalue weighted by molar-refractivity contribution is 5.83. The second-order valence-electron chi connectivity index (χ2n) is 5.02. The zero-order valence-corrected chi connectivity index (χ0v) is 10.6. The summed E-state index contributed by atoms with van der Waals surface area (Å²) in [5.74, 6) is 0.853. The van der Waals surface area contributed by atoms with Crippen LogP contribution in [0.15, 0.2) is 24.3 Å². The molecule has 1 unspecified atom stereocenters. The van der Waals surface area contributed by atoms with Crippen molar-refractivity contribution in [2.75, 3.05) is 18.9 Å². The minimum atomic E-state index is -0.398. The lowest BCUT2D eigenvalue weighted by Crippen LogP contribution is -2.50. The molecule has 1 amide bonds. The van der Waals surface area contributed by atoms with Gasteiger partial charge in [0.15, 0.2) is 6.10 Å². The molecule has 1 aliphatic carbocycles. The van der Waals surface area contributed by atoms with Crippen molar-refractivity contribution in [3.05, 3.63) is 24.3 Å². The summed E-state index contributed by atoms with van der Waals surface area (Å²) < 4.78 is 5.78. The number of hydrogen-bond donors (Lipinski definition) is 1. The molecule has 4 heteroatoms. The molecule has 0 bridgehead atoms. The molecule has 1 fully saturated rings. The Morgan fingerprint density at radius 2 is 2.17 bits per heavy atom. The molecule has 1 aliphatic heterocycles. The van der Waals surface area contributed by atoms with Crippen molar-refractivity contribution in [3.63, 3.8) is 0 Å². The van der Waals surface area contributed by atoms with Crippen molar-refractivity contribution in [3.8, 4) is 5.75 Å². The number of fused-ring (bicyclic) bond motifs is 1. The lowest BCUT2D eigenvalue weighted by Gasteiger charge is -2.37. The number of carbonyl (C=O) groups excluding carboxylic acids is 1. The maximum absolute atomic E-state index is 12.3. The zero-order valence-electron chi connectivity index (χ0n) is 10.6. The van der Waals surface area contributed by atoms with Gasteiger partial charge in [0.05, 0.1) is 12.2 Å². The number of anilines is 1. The predicted molar refractivity (Wildman–Crippen MR) is 69.8 cm³/mol. The Bertz CT molecular complexity index is 457. The molecule has 1 saturated carbocycles. The summed E-state index contributed by atoms with van der Waals surface area (Å²) >= 11 is 0. The molecule has 96 valence electrons. The summed E-state index contributed by atoms with van der Waals surface area (Å²) in [6.07, 6.45) is 3.08. The monoisotopic (exact) mass is 246 g/mol. The SMILES string of the molecule is CN(C(=O)C1CNc2ccccc2O1)C1CCC1. The maximum atomic E-state index is 12.3. The molecule has 4 nitrogen and oxygen atoms in total. The third-order valence-electron chi connectivity index (χ3n) is 3.88. The van der Waals surface area contributed by atoms with Crippen LogP contribution in [0.25, 0.3) is 0 Å². The van der Waals surface area contributed by atoms with Gasteiger partial charge in [0.2, 0.25) is 0 Å². The fourth-order valence-electron chi connectivity index (χ4n) is 2.43. The van der Waals surface area contributed by atoms with E-state index in [-0.39, 0.29) is 5.91 Å². The first-order valence-electron chi connectivity index (χ1n) is 6.52. The zero-order chi connectivity index (χ0) is 12.5. The molecule has 2 aliphatic rings. The summed E-state index contributed by atoms with van der Waals surface area (Å²) in [7, 11) is 1.88. The van der Waals surface area contributed by atoms with E-state index in [9.17, 15) is 4.79 Å². The quantitative estimate of drug-likeness (QED) is 0.866. The lowest BCUT2D eigenvalue weighted by molar-refractivity contribution is -0.140. The Hall–Kier alpha value is -1.71. The molecular formula is C14H18N2O2. The van der Waals surface area contributed by atoms with Crippen molar-refractivity contribution in [1.82, 2.24) is 4.90 Å². The summed E-state index contributed by atoms with van der Waals surface area (Å²) in [5, 5.41) is 3.25. The van der Waals surface area contributed by atoms with Gasteiger partial charge in [0.1, 0.15) is 5.75 Å². The number of benzene rings is 1. The molecule has 1 atom stereocenters. The van der Waals surface area contributed by atoms with Crippen LogP contribution < -0.4 is 10.1 Å². The molecular weight excluding hydrogens is 228 g/mol. The first kappa shape index (κ1) is 11.4. The first-order valence-corrected chi connectivity index (χ1v) is 6.52. The van der Waals surface area contributed by atoms with E-state index in [1.807, 2.05) is 36.2 Å². The number of carbonyl (C=O) groups is 1. The van der Waals surface area contributed by atoms with Gasteiger partial charge < -0.3 is 15.0 Å². The molecule has 0 radical (unpaired) electrons. The van der Waals surface area contributed by atoms with E-state index in [1.165, 1.54) is 6.42 Å². The normalized spacial score (nSPS) is 22.2. The van der Waals surface area contributed by atoms with Gasteiger partial charge in [-0.25, -0.2) is 0 Å². The minimum absolute atomic E-state index is 0.0849. The molecule has 0 aromatic heterocycles. The van der Waals surface area contributed by atoms with Crippen LogP contribution in [-0.4, -0.2) is 36.5 Å². The van der Waals surface area contributed by atoms with Gasteiger partial charge in [-0.05, 0) is 31.4 Å². The predicted octanol–water partition coefficient (Wildman–Crippen LogP) is 1.87. The van der Waals surface area contributed by atoms with Crippen LogP contribution in [0, 0.1) is 0 Å². The van der Waals surface area contributed by atoms with E-state index in [4.69, 9.17) is 4.74 Å². The molecule has 1 heterocycles. The molecule has 1 aromatic carbocycles. The number of nitrogens with one attached hydrogen (secondary N) is 1. The van der Waals surface area contributed by atoms with Crippen LogP contribution >= 0.6 is 0 Å². The summed E-state index contributed by atoms with van der Waals surface area (Å²) in [4.78, 5) is 14.2. The van der Waals surface area contributed by atoms with Crippen LogP contribution in [0.4, 0.5) is 5.69 Å². The average molecular weight is 246 g/mol. The van der Waals surface area contributed by atoms with Crippen molar-refractivity contribution < 1.29 is 9.53 Å². The van der Waals surface area contributed by atoms with Crippen LogP contribution in [0.5, 0.6) is 5.75 Å². The van der Waals surface area contributed by atoms with Crippen LogP contribution in [-0.2, 0) is 4.79 Å². The lowest BCUT2D eigenvalue weighted by atomic mass is 9.91. The fourth-order valence-corrected chi connectivity index (χ4v) is 2.43. The minimum Gasteiger partial charge on any atom is -0.477 e. The van der Waals surface area contributed by atoms with E-state index in [2.05, 4.69) is 5.32 Å². The van der Waals surface area contributed by atoms with E-state index < -0.39 is 6.10 Å². The number of rotatable bonds is 2. The summed E-state index contributed by atoms with van der Waals surface area (Å²) in [6, 6.07) is 8.15. The maximum Gasteiger partial charge on any atom is 0.265 e. The highest BCUT2D eigenvalue weighted by Crippen LogP contribution is 2.30. The Balaban J connectivity index is 1.69. The summed E-state index contributed by atoms with van der Waals surface area (Å²) in [6.45, 7) is 0.549. The third kappa shape index (κ3) is 1.92. The Morgan fingerprint density at radius 1 is 1.39 bits per heavy atom. The number of likely N-dealkylation sites (N-methyl/N-ethyl adjacent to an activating group) is 1. The van der Waals surface area contributed by atoms with Gasteiger partial charge in [-0.2, -0.15) is 0 Å². The van der Waals surface area contributed by atoms with Gasteiger partial charge >= 0.3 is 0 Å². The average Bonchev–Trinajstić information content (AvgIpc) is 2.35. The highest BCUT2D eigenvalue weighted by Gasteiger charge is 2.33. The van der Waals surface area contributed by atoms with Gasteiger partial charge in [-0.15, -0.1) is 0 Å². The highest BCUT2D eigenvalue weighted by atomic mass is 16.5. The molecule has 3 rings (SSSR count). The van der Waals surface area contributed by atoms with Gasteiger partial charge in [0, 0.05) is 13.1 Å². The van der Waals surface area contributed by atoms with E-state index in [0.717, 1.165) is 24.3 Å². The van der Waals surface area contributed by atoms with E-state index in [1.54, 1.807) is 0 Å². The second kappa shape index (κ2) is 4.52. The first-order chi connectivity index (χ1) is 8.75. The smallest absolute Gasteiger partial charge is 0.265 e. The van der Waals surface area contributed by atoms with Crippen LogP contribution in [0.2, 0.25) is 0 Å². The van der Waals surface area contributed by atoms with Gasteiger partial charge in [0.25, 0.3) is 5.91 Å². The Kier molecular flexibility index (Phi) is 2.86. The molecule has 1 aromatic rings. The topological polar surface area (TPSA) is 41.6 Å².